The standard InChI is InChI=1S/C11H18O.C10H19NO.C10H16O.C9H14N2.C9H16O2.C7H13NO.C7H11NO.C7H12O.C7H10O.C6H13NO2S.C6H12O2S.2CH4/c1-11(2,3)10(12)9-7-5-4-6-8-9;1-6-8-11(9(12)7-2)10(3,4)5;1-10(2,3)9(11)8-6-4-5-7-8;1-7-10-6-5-8(11-7)9(2,3)4;1-9(2,3)8(11)6-4-5-7-10;2*1-5-6(9)8-7(2,3)4;2*1-5-6(8)7(2,3)4;1-5-10(8,9)7-6(2,3)4;1-5-9(7,8)6(2,3)4;;/h7H,4-6,8H2,1-3H3;7H,2,6,8H2,1,3-5H3;6H,4-5,7H2,1-3H3;5-6H,1-4H3;4,6,10H,5,7H2,1-3H3;5H,1H2,2-4H3,(H,8,9);1H,2-4H3,(H,8,9);5H,1H2,2-4H3;1H,2-4H3;5,7H,1H2,2-4H3;5H,1H2,2-4H3;2*1H4/b;;;;6-4+;;;;;;;;. The summed E-state index contributed by atoms with van der Waals surface area (Å²) >= 11 is 0. The minimum Gasteiger partial charge on any atom is -0.396 e. The van der Waals surface area contributed by atoms with Gasteiger partial charge in [-0.15, -0.1) is 12.8 Å². The zero-order valence-electron chi connectivity index (χ0n) is 75.3. The number of rotatable bonds is 13. The predicted octanol–water partition coefficient (Wildman–Crippen LogP) is 19.8. The number of nitrogens with zero attached hydrogens (tertiary/aromatic N) is 3. The Morgan fingerprint density at radius 3 is 1.15 bits per heavy atom. The average Bonchev–Trinajstić information content (AvgIpc) is 1.13. The number of carbonyl (C=O) groups is 8. The third-order valence-electron chi connectivity index (χ3n) is 13.6. The molecule has 3 amide bonds. The van der Waals surface area contributed by atoms with Crippen molar-refractivity contribution in [1.82, 2.24) is 30.2 Å². The Labute approximate surface area is 686 Å². The first-order valence-electron chi connectivity index (χ1n) is 37.4. The zero-order valence-corrected chi connectivity index (χ0v) is 77.0. The number of aliphatic hydroxyl groups is 1. The Balaban J connectivity index is -0.000000128. The van der Waals surface area contributed by atoms with Gasteiger partial charge in [0.15, 0.2) is 33.0 Å². The Morgan fingerprint density at radius 1 is 0.554 bits per heavy atom. The monoisotopic (exact) mass is 1610 g/mol. The maximum atomic E-state index is 11.8. The summed E-state index contributed by atoms with van der Waals surface area (Å²) in [7, 11) is -6.34. The molecule has 0 saturated heterocycles. The number of sulfone groups is 1. The highest BCUT2D eigenvalue weighted by molar-refractivity contribution is 7.95. The van der Waals surface area contributed by atoms with E-state index in [1.165, 1.54) is 37.1 Å². The molecular formula is C91H162N6O13S2. The van der Waals surface area contributed by atoms with Crippen molar-refractivity contribution >= 4 is 66.5 Å². The van der Waals surface area contributed by atoms with E-state index >= 15 is 0 Å². The van der Waals surface area contributed by atoms with Crippen LogP contribution in [-0.4, -0.2) is 124 Å². The van der Waals surface area contributed by atoms with E-state index in [2.05, 4.69) is 104 Å². The third kappa shape index (κ3) is 72.9. The van der Waals surface area contributed by atoms with Gasteiger partial charge in [-0.25, -0.2) is 31.5 Å². The number of Topliss-reactive ketones (excluding diaryl/α,β-unsaturated/α-hetero) is 3. The number of hydrogen-bond donors (Lipinski definition) is 4. The number of amides is 3. The molecule has 4 N–H and O–H groups in total. The van der Waals surface area contributed by atoms with Crippen molar-refractivity contribution in [2.24, 2.45) is 27.1 Å². The summed E-state index contributed by atoms with van der Waals surface area (Å²) in [4.78, 5) is 98.5. The van der Waals surface area contributed by atoms with Crippen LogP contribution in [0.25, 0.3) is 0 Å². The molecular weight excluding hydrogens is 1450 g/mol. The molecule has 0 saturated carbocycles. The highest BCUT2D eigenvalue weighted by Gasteiger charge is 2.29. The van der Waals surface area contributed by atoms with Gasteiger partial charge in [0.2, 0.25) is 27.6 Å². The van der Waals surface area contributed by atoms with Crippen LogP contribution in [0.1, 0.15) is 320 Å². The van der Waals surface area contributed by atoms with Crippen molar-refractivity contribution < 1.29 is 60.3 Å². The molecule has 0 unspecified atom stereocenters. The quantitative estimate of drug-likeness (QED) is 0.0811. The summed E-state index contributed by atoms with van der Waals surface area (Å²) in [6.45, 7) is 84.2. The number of allylic oxidation sites excluding steroid dienone is 6. The molecule has 0 aromatic carbocycles. The van der Waals surface area contributed by atoms with E-state index in [9.17, 15) is 55.2 Å². The van der Waals surface area contributed by atoms with E-state index in [1.54, 1.807) is 68.4 Å². The largest absolute Gasteiger partial charge is 0.396 e. The van der Waals surface area contributed by atoms with Gasteiger partial charge in [-0.3, -0.25) is 38.4 Å². The van der Waals surface area contributed by atoms with Crippen molar-refractivity contribution in [3.8, 4) is 24.7 Å². The molecule has 2 aliphatic rings. The topological polar surface area (TPSA) is 290 Å². The molecule has 112 heavy (non-hydrogen) atoms. The first kappa shape index (κ1) is 126. The smallest absolute Gasteiger partial charge is 0.296 e. The summed E-state index contributed by atoms with van der Waals surface area (Å²) in [5.41, 5.74) is 1.18. The summed E-state index contributed by atoms with van der Waals surface area (Å²) in [5, 5.41) is 15.6. The molecule has 0 fully saturated rings. The molecule has 646 valence electrons. The van der Waals surface area contributed by atoms with Crippen molar-refractivity contribution in [3.05, 3.63) is 121 Å². The third-order valence-corrected chi connectivity index (χ3v) is 17.1. The number of nitrogens with one attached hydrogen (secondary N) is 3. The summed E-state index contributed by atoms with van der Waals surface area (Å²) in [6.07, 6.45) is 32.3. The van der Waals surface area contributed by atoms with Crippen molar-refractivity contribution in [3.63, 3.8) is 0 Å². The van der Waals surface area contributed by atoms with Crippen LogP contribution in [0.15, 0.2) is 110 Å². The number of carbonyl (C=O) groups excluding carboxylic acids is 8. The lowest BCUT2D eigenvalue weighted by Crippen LogP contribution is -2.45. The Morgan fingerprint density at radius 2 is 0.973 bits per heavy atom. The highest BCUT2D eigenvalue weighted by atomic mass is 32.2. The Hall–Kier alpha value is -7.30. The normalized spacial score (nSPS) is 12.7. The van der Waals surface area contributed by atoms with Gasteiger partial charge in [-0.1, -0.05) is 198 Å². The lowest BCUT2D eigenvalue weighted by molar-refractivity contribution is -0.130. The summed E-state index contributed by atoms with van der Waals surface area (Å²) < 4.78 is 45.1. The molecule has 0 aliphatic heterocycles. The van der Waals surface area contributed by atoms with Gasteiger partial charge >= 0.3 is 0 Å². The number of aryl methyl sites for hydroxylation is 1. The van der Waals surface area contributed by atoms with E-state index in [0.29, 0.717) is 18.0 Å². The molecule has 21 heteroatoms. The minimum absolute atomic E-state index is 0. The van der Waals surface area contributed by atoms with Crippen LogP contribution >= 0.6 is 0 Å². The number of sulfonamides is 1. The summed E-state index contributed by atoms with van der Waals surface area (Å²) in [6, 6.07) is 1.97. The molecule has 3 rings (SSSR count). The minimum atomic E-state index is -3.26. The molecule has 1 heterocycles. The van der Waals surface area contributed by atoms with Gasteiger partial charge in [0, 0.05) is 90.5 Å². The molecule has 0 atom stereocenters. The zero-order chi connectivity index (χ0) is 89.5. The maximum Gasteiger partial charge on any atom is 0.296 e. The average molecular weight is 1610 g/mol. The fraction of sp³-hybridized carbons (Fsp3) is 0.648. The van der Waals surface area contributed by atoms with Gasteiger partial charge in [-0.2, -0.15) is 0 Å². The van der Waals surface area contributed by atoms with Crippen molar-refractivity contribution in [2.45, 2.75) is 347 Å². The second-order valence-corrected chi connectivity index (χ2v) is 41.4. The SMILES string of the molecule is C.C.C#CC(=O)C(C)(C)C.C#CC(=O)NC(C)(C)C.C=CC(=O)C(C)(C)C.C=CC(=O)N(CCC)C(C)(C)C.C=CC(=O)NC(C)(C)C.C=CS(=O)(=O)C(C)(C)C.C=CS(=O)(=O)NC(C)(C)C.CC(C)(C)C(=O)/C=C/CCO.CC(C)(C)C(=O)C1=CCCC1.CC(C)(C)C(=O)C1=CCCCC1.Cc1nccc(C(C)(C)C)n1. The van der Waals surface area contributed by atoms with Gasteiger partial charge in [0.05, 0.1) is 4.75 Å². The van der Waals surface area contributed by atoms with Crippen LogP contribution in [0.3, 0.4) is 0 Å². The molecule has 2 aliphatic carbocycles. The van der Waals surface area contributed by atoms with E-state index in [0.717, 1.165) is 78.6 Å². The fourth-order valence-corrected chi connectivity index (χ4v) is 8.86. The van der Waals surface area contributed by atoms with Crippen LogP contribution in [-0.2, 0) is 63.6 Å². The van der Waals surface area contributed by atoms with E-state index in [1.807, 2.05) is 175 Å². The van der Waals surface area contributed by atoms with E-state index in [4.69, 9.17) is 18.0 Å². The highest BCUT2D eigenvalue weighted by Crippen LogP contribution is 2.29. The van der Waals surface area contributed by atoms with Gasteiger partial charge < -0.3 is 20.6 Å². The molecule has 0 bridgehead atoms. The lowest BCUT2D eigenvalue weighted by atomic mass is 9.82. The van der Waals surface area contributed by atoms with E-state index in [-0.39, 0.29) is 106 Å². The molecule has 0 radical (unpaired) electrons. The maximum absolute atomic E-state index is 11.8. The molecule has 1 aromatic rings. The first-order chi connectivity index (χ1) is 48.9. The lowest BCUT2D eigenvalue weighted by Gasteiger charge is -2.34. The van der Waals surface area contributed by atoms with Crippen molar-refractivity contribution in [1.29, 1.82) is 0 Å². The number of terminal acetylenes is 2. The van der Waals surface area contributed by atoms with Crippen LogP contribution in [0, 0.1) is 58.7 Å². The molecule has 0 spiro atoms. The summed E-state index contributed by atoms with van der Waals surface area (Å²) in [5.74, 6) is 5.14. The molecule has 19 nitrogen and oxygen atoms in total. The van der Waals surface area contributed by atoms with Crippen molar-refractivity contribution in [2.75, 3.05) is 13.2 Å². The van der Waals surface area contributed by atoms with E-state index < -0.39 is 30.1 Å². The molecule has 1 aromatic heterocycles. The van der Waals surface area contributed by atoms with Crippen LogP contribution in [0.2, 0.25) is 0 Å². The fourth-order valence-electron chi connectivity index (χ4n) is 7.42. The predicted molar refractivity (Wildman–Crippen MR) is 477 cm³/mol. The number of aromatic nitrogens is 2. The first-order valence-corrected chi connectivity index (χ1v) is 40.5. The Kier molecular flexibility index (Phi) is 63.7. The number of ketones is 5. The van der Waals surface area contributed by atoms with Gasteiger partial charge in [-0.05, 0) is 222 Å². The van der Waals surface area contributed by atoms with Gasteiger partial charge in [0.1, 0.15) is 5.82 Å². The second kappa shape index (κ2) is 56.9. The Bertz CT molecular complexity index is 3480. The van der Waals surface area contributed by atoms with Crippen LogP contribution < -0.4 is 15.4 Å². The van der Waals surface area contributed by atoms with Gasteiger partial charge in [0.25, 0.3) is 5.91 Å². The number of aliphatic hydroxyl groups excluding tert-OH is 1. The number of hydrogen-bond acceptors (Lipinski definition) is 15. The van der Waals surface area contributed by atoms with Crippen LogP contribution in [0.4, 0.5) is 0 Å². The second-order valence-electron chi connectivity index (χ2n) is 37.1. The van der Waals surface area contributed by atoms with Crippen LogP contribution in [0.5, 0.6) is 0 Å².